The van der Waals surface area contributed by atoms with E-state index in [1.165, 1.54) is 29.2 Å². The zero-order valence-electron chi connectivity index (χ0n) is 35.4. The predicted molar refractivity (Wildman–Crippen MR) is 239 cm³/mol. The van der Waals surface area contributed by atoms with E-state index in [0.29, 0.717) is 47.9 Å². The topological polar surface area (TPSA) is 430 Å². The van der Waals surface area contributed by atoms with Crippen molar-refractivity contribution in [3.63, 3.8) is 0 Å². The highest BCUT2D eigenvalue weighted by molar-refractivity contribution is 5.98. The monoisotopic (exact) mass is 927 g/mol. The Hall–Kier alpha value is -9.17. The number of benzene rings is 2. The number of rotatable bonds is 19. The van der Waals surface area contributed by atoms with Crippen LogP contribution in [-0.2, 0) is 30.5 Å². The molecule has 0 saturated carbocycles. The zero-order chi connectivity index (χ0) is 48.9. The Morgan fingerprint density at radius 1 is 0.836 bits per heavy atom. The van der Waals surface area contributed by atoms with Crippen LogP contribution in [0.25, 0.3) is 11.2 Å². The summed E-state index contributed by atoms with van der Waals surface area (Å²) in [5.41, 5.74) is 19.4. The number of fused-ring (bicyclic) bond motifs is 2. The number of carboxylic acids is 4. The Balaban J connectivity index is 0.000000251. The second-order valence-corrected chi connectivity index (χ2v) is 14.7. The lowest BCUT2D eigenvalue weighted by Gasteiger charge is -2.34. The van der Waals surface area contributed by atoms with Crippen LogP contribution in [0.3, 0.4) is 0 Å². The fourth-order valence-electron chi connectivity index (χ4n) is 6.43. The number of nitrogen functional groups attached to an aromatic ring is 3. The number of carbonyl (C=O) groups excluding carboxylic acids is 3. The second kappa shape index (κ2) is 22.0. The molecule has 0 spiro atoms. The van der Waals surface area contributed by atoms with Crippen LogP contribution < -0.4 is 53.8 Å². The van der Waals surface area contributed by atoms with Crippen LogP contribution >= 0.6 is 0 Å². The highest BCUT2D eigenvalue weighted by Crippen LogP contribution is 2.26. The van der Waals surface area contributed by atoms with E-state index in [1.807, 2.05) is 11.9 Å². The number of aromatic amines is 1. The molecule has 3 atom stereocenters. The number of nitrogens with one attached hydrogen (secondary N) is 5. The predicted octanol–water partition coefficient (Wildman–Crippen LogP) is -0.463. The molecule has 5 aromatic rings. The molecule has 27 nitrogen and oxygen atoms in total. The number of aromatic nitrogens is 6. The summed E-state index contributed by atoms with van der Waals surface area (Å²) in [6.07, 6.45) is 0.863. The van der Waals surface area contributed by atoms with Gasteiger partial charge in [-0.15, -0.1) is 0 Å². The van der Waals surface area contributed by atoms with Crippen LogP contribution in [-0.4, -0.2) is 131 Å². The van der Waals surface area contributed by atoms with Gasteiger partial charge in [0, 0.05) is 55.5 Å². The van der Waals surface area contributed by atoms with E-state index in [4.69, 9.17) is 27.4 Å². The number of H-pyrrole nitrogens is 1. The van der Waals surface area contributed by atoms with E-state index >= 15 is 0 Å². The van der Waals surface area contributed by atoms with Crippen molar-refractivity contribution in [2.45, 2.75) is 50.4 Å². The average molecular weight is 928 g/mol. The van der Waals surface area contributed by atoms with E-state index in [0.717, 1.165) is 5.69 Å². The van der Waals surface area contributed by atoms with E-state index < -0.39 is 65.8 Å². The molecule has 1 aliphatic heterocycles. The zero-order valence-corrected chi connectivity index (χ0v) is 35.4. The number of anilines is 7. The molecule has 0 saturated heterocycles. The molecule has 27 heteroatoms. The molecule has 3 amide bonds. The van der Waals surface area contributed by atoms with Gasteiger partial charge in [0.2, 0.25) is 18.3 Å². The Bertz CT molecular complexity index is 2720. The maximum atomic E-state index is 12.4. The van der Waals surface area contributed by atoms with Crippen molar-refractivity contribution in [1.82, 2.24) is 40.5 Å². The van der Waals surface area contributed by atoms with E-state index in [2.05, 4.69) is 51.2 Å². The maximum Gasteiger partial charge on any atom is 0.326 e. The highest BCUT2D eigenvalue weighted by Gasteiger charge is 2.30. The molecule has 2 aromatic carbocycles. The van der Waals surface area contributed by atoms with Crippen molar-refractivity contribution in [3.8, 4) is 0 Å². The lowest BCUT2D eigenvalue weighted by molar-refractivity contribution is -0.142. The van der Waals surface area contributed by atoms with Gasteiger partial charge in [-0.1, -0.05) is 0 Å². The lowest BCUT2D eigenvalue weighted by atomic mass is 10.1. The van der Waals surface area contributed by atoms with Crippen LogP contribution in [0.2, 0.25) is 0 Å². The quantitative estimate of drug-likeness (QED) is 0.0466. The SMILES string of the molecule is CN(Cc1cnc2nc(N)nc(N)c2n1)c1ccc(C(=O)N[C@@H](CCC(=O)O)C(=O)O)cc1.Nc1nc(=O)c2c([nH]1)NCC(CNc1ccc(C(=O)N[C@@H](CCC(=O)O)C(=O)O)cc1)N2C=O. The standard InChI is InChI=1S/C20H22N8O5.C20H23N7O7/c1-28(9-11-8-23-17-15(24-11)16(21)26-20(22)27-17)12-4-2-10(3-5-12)18(31)25-13(19(32)33)6-7-14(29)30;21-20-25-16-15(18(32)26-20)27(9-28)12(8-23-16)7-22-11-3-1-10(2-4-11)17(31)24-13(19(33)34)5-6-14(29)30/h2-5,8,13H,6-7,9H2,1H3,(H,25,31)(H,29,30)(H,32,33)(H4,21,22,23,26,27);1-4,9,12-13,22H,5-8H2,(H,24,31)(H,29,30)(H,33,34)(H4,21,23,25,26,32)/t13-;12?,13-/m00/s1. The second-order valence-electron chi connectivity index (χ2n) is 14.7. The lowest BCUT2D eigenvalue weighted by Crippen LogP contribution is -2.50. The number of hydrogen-bond donors (Lipinski definition) is 12. The molecular weight excluding hydrogens is 883 g/mol. The van der Waals surface area contributed by atoms with Crippen molar-refractivity contribution in [2.24, 2.45) is 0 Å². The number of carbonyl (C=O) groups is 7. The summed E-state index contributed by atoms with van der Waals surface area (Å²) in [5.74, 6) is -5.82. The summed E-state index contributed by atoms with van der Waals surface area (Å²) in [4.78, 5) is 118. The number of nitrogens with zero attached hydrogens (tertiary/aromatic N) is 7. The van der Waals surface area contributed by atoms with Crippen molar-refractivity contribution in [2.75, 3.05) is 57.8 Å². The van der Waals surface area contributed by atoms with E-state index in [9.17, 15) is 48.6 Å². The van der Waals surface area contributed by atoms with Crippen LogP contribution in [0, 0.1) is 0 Å². The van der Waals surface area contributed by atoms with Gasteiger partial charge in [-0.2, -0.15) is 15.0 Å². The van der Waals surface area contributed by atoms with Crippen LogP contribution in [0.5, 0.6) is 0 Å². The fraction of sp³-hybridized carbons (Fsp3) is 0.275. The molecule has 1 aliphatic rings. The largest absolute Gasteiger partial charge is 0.481 e. The fourth-order valence-corrected chi connectivity index (χ4v) is 6.43. The summed E-state index contributed by atoms with van der Waals surface area (Å²) in [6.45, 7) is 0.955. The molecule has 352 valence electrons. The number of nitrogens with two attached hydrogens (primary N) is 3. The van der Waals surface area contributed by atoms with Gasteiger partial charge >= 0.3 is 29.4 Å². The third-order valence-electron chi connectivity index (χ3n) is 9.85. The minimum absolute atomic E-state index is 0.0138. The molecule has 15 N–H and O–H groups in total. The minimum Gasteiger partial charge on any atom is -0.481 e. The van der Waals surface area contributed by atoms with Gasteiger partial charge in [0.15, 0.2) is 22.7 Å². The Morgan fingerprint density at radius 3 is 1.94 bits per heavy atom. The first-order chi connectivity index (χ1) is 31.8. The molecule has 1 unspecified atom stereocenters. The van der Waals surface area contributed by atoms with Crippen LogP contribution in [0.4, 0.5) is 40.6 Å². The van der Waals surface area contributed by atoms with E-state index in [1.54, 1.807) is 30.5 Å². The van der Waals surface area contributed by atoms with Gasteiger partial charge in [0.25, 0.3) is 11.8 Å². The molecule has 0 aliphatic carbocycles. The summed E-state index contributed by atoms with van der Waals surface area (Å²) in [5, 5.41) is 46.6. The first-order valence-corrected chi connectivity index (χ1v) is 19.9. The molecular formula is C40H45N15O12. The van der Waals surface area contributed by atoms with Crippen LogP contribution in [0.1, 0.15) is 52.1 Å². The third kappa shape index (κ3) is 13.2. The Morgan fingerprint density at radius 2 is 1.40 bits per heavy atom. The summed E-state index contributed by atoms with van der Waals surface area (Å²) in [6, 6.07) is 9.52. The van der Waals surface area contributed by atoms with Gasteiger partial charge in [0.05, 0.1) is 24.5 Å². The summed E-state index contributed by atoms with van der Waals surface area (Å²) < 4.78 is 0. The van der Waals surface area contributed by atoms with Crippen molar-refractivity contribution >= 4 is 93.9 Å². The number of carboxylic acid groups (broad SMARTS) is 4. The molecule has 4 heterocycles. The van der Waals surface area contributed by atoms with Gasteiger partial charge in [-0.05, 0) is 61.4 Å². The van der Waals surface area contributed by atoms with Crippen LogP contribution in [0.15, 0.2) is 59.5 Å². The Kier molecular flexibility index (Phi) is 16.0. The first kappa shape index (κ1) is 48.9. The molecule has 67 heavy (non-hydrogen) atoms. The first-order valence-electron chi connectivity index (χ1n) is 19.9. The summed E-state index contributed by atoms with van der Waals surface area (Å²) >= 11 is 0. The average Bonchev–Trinajstić information content (AvgIpc) is 3.28. The highest BCUT2D eigenvalue weighted by atomic mass is 16.4. The molecule has 3 aromatic heterocycles. The number of amides is 3. The Labute approximate surface area is 377 Å². The molecule has 6 rings (SSSR count). The normalized spacial score (nSPS) is 13.6. The molecule has 0 radical (unpaired) electrons. The number of aliphatic carboxylic acids is 4. The molecule has 0 bridgehead atoms. The molecule has 0 fully saturated rings. The van der Waals surface area contributed by atoms with Gasteiger partial charge in [-0.3, -0.25) is 28.8 Å². The van der Waals surface area contributed by atoms with Crippen molar-refractivity contribution in [1.29, 1.82) is 0 Å². The van der Waals surface area contributed by atoms with Crippen molar-refractivity contribution in [3.05, 3.63) is 81.9 Å². The minimum atomic E-state index is -1.33. The van der Waals surface area contributed by atoms with Gasteiger partial charge < -0.3 is 73.7 Å². The van der Waals surface area contributed by atoms with E-state index in [-0.39, 0.29) is 60.3 Å². The maximum absolute atomic E-state index is 12.4. The number of hydrogen-bond acceptors (Lipinski definition) is 19. The van der Waals surface area contributed by atoms with Gasteiger partial charge in [-0.25, -0.2) is 19.6 Å². The smallest absolute Gasteiger partial charge is 0.326 e. The van der Waals surface area contributed by atoms with Crippen molar-refractivity contribution < 1.29 is 54.0 Å². The third-order valence-corrected chi connectivity index (χ3v) is 9.85. The van der Waals surface area contributed by atoms with Gasteiger partial charge in [0.1, 0.15) is 17.9 Å². The summed E-state index contributed by atoms with van der Waals surface area (Å²) in [7, 11) is 1.82.